The monoisotopic (exact) mass is 375 g/mol. The summed E-state index contributed by atoms with van der Waals surface area (Å²) in [5.74, 6) is 0.360. The van der Waals surface area contributed by atoms with E-state index in [9.17, 15) is 8.42 Å². The highest BCUT2D eigenvalue weighted by Crippen LogP contribution is 2.34. The van der Waals surface area contributed by atoms with Crippen molar-refractivity contribution in [2.45, 2.75) is 69.5 Å². The van der Waals surface area contributed by atoms with Crippen molar-refractivity contribution in [1.29, 1.82) is 0 Å². The van der Waals surface area contributed by atoms with Gasteiger partial charge in [-0.15, -0.1) is 0 Å². The summed E-state index contributed by atoms with van der Waals surface area (Å²) in [5.41, 5.74) is 2.07. The van der Waals surface area contributed by atoms with Crippen molar-refractivity contribution in [3.05, 3.63) is 47.7 Å². The number of benzene rings is 1. The maximum absolute atomic E-state index is 13.5. The quantitative estimate of drug-likeness (QED) is 0.731. The largest absolute Gasteiger partial charge is 0.267 e. The summed E-state index contributed by atoms with van der Waals surface area (Å²) in [6, 6.07) is 11.4. The average molecular weight is 376 g/mol. The van der Waals surface area contributed by atoms with Crippen molar-refractivity contribution in [2.75, 3.05) is 0 Å². The molecule has 0 atom stereocenters. The highest BCUT2D eigenvalue weighted by molar-refractivity contribution is 7.90. The highest BCUT2D eigenvalue weighted by atomic mass is 32.2. The Labute approximate surface area is 153 Å². The molecule has 1 aliphatic carbocycles. The van der Waals surface area contributed by atoms with E-state index in [1.807, 2.05) is 19.1 Å². The predicted molar refractivity (Wildman–Crippen MR) is 107 cm³/mol. The lowest BCUT2D eigenvalue weighted by Crippen LogP contribution is -2.45. The van der Waals surface area contributed by atoms with Crippen LogP contribution in [0.5, 0.6) is 0 Å². The van der Waals surface area contributed by atoms with Gasteiger partial charge < -0.3 is 0 Å². The van der Waals surface area contributed by atoms with Gasteiger partial charge in [0.25, 0.3) is 10.0 Å². The highest BCUT2D eigenvalue weighted by Gasteiger charge is 2.32. The molecule has 0 spiro atoms. The van der Waals surface area contributed by atoms with Gasteiger partial charge in [-0.1, -0.05) is 56.6 Å². The third-order valence-electron chi connectivity index (χ3n) is 5.22. The van der Waals surface area contributed by atoms with Gasteiger partial charge in [-0.25, -0.2) is 12.4 Å². The zero-order chi connectivity index (χ0) is 18.2. The molecule has 0 saturated heterocycles. The molecule has 0 radical (unpaired) electrons. The van der Waals surface area contributed by atoms with Crippen molar-refractivity contribution in [3.8, 4) is 0 Å². The van der Waals surface area contributed by atoms with Crippen molar-refractivity contribution >= 4 is 23.4 Å². The van der Waals surface area contributed by atoms with Crippen LogP contribution in [0.15, 0.2) is 41.3 Å². The molecule has 136 valence electrons. The van der Waals surface area contributed by atoms with Crippen LogP contribution in [0.3, 0.4) is 0 Å². The van der Waals surface area contributed by atoms with Crippen LogP contribution in [0.25, 0.3) is 0 Å². The SMILES string of the molecule is Cc1ccc(S(=O)(=O)n2c(C3CCCCC3)ccc2[Si](C)(C)C)cc1. The van der Waals surface area contributed by atoms with Gasteiger partial charge in [-0.3, -0.25) is 0 Å². The van der Waals surface area contributed by atoms with E-state index in [4.69, 9.17) is 0 Å². The number of aryl methyl sites for hydroxylation is 1. The number of hydrogen-bond donors (Lipinski definition) is 0. The second-order valence-corrected chi connectivity index (χ2v) is 15.1. The normalized spacial score (nSPS) is 17.0. The Kier molecular flexibility index (Phi) is 4.99. The number of rotatable bonds is 4. The molecule has 3 rings (SSSR count). The van der Waals surface area contributed by atoms with Gasteiger partial charge in [0, 0.05) is 16.9 Å². The molecule has 1 saturated carbocycles. The number of aromatic nitrogens is 1. The Balaban J connectivity index is 2.18. The minimum Gasteiger partial charge on any atom is -0.247 e. The van der Waals surface area contributed by atoms with Gasteiger partial charge >= 0.3 is 0 Å². The molecular weight excluding hydrogens is 346 g/mol. The maximum atomic E-state index is 13.5. The third-order valence-corrected chi connectivity index (χ3v) is 9.06. The molecule has 3 nitrogen and oxygen atoms in total. The van der Waals surface area contributed by atoms with Crippen molar-refractivity contribution in [3.63, 3.8) is 0 Å². The summed E-state index contributed by atoms with van der Waals surface area (Å²) in [5, 5.41) is 1.01. The lowest BCUT2D eigenvalue weighted by Gasteiger charge is -2.26. The van der Waals surface area contributed by atoms with Gasteiger partial charge in [-0.2, -0.15) is 0 Å². The van der Waals surface area contributed by atoms with E-state index in [1.165, 1.54) is 19.3 Å². The van der Waals surface area contributed by atoms with Crippen LogP contribution in [0.4, 0.5) is 0 Å². The molecule has 25 heavy (non-hydrogen) atoms. The smallest absolute Gasteiger partial charge is 0.247 e. The second kappa shape index (κ2) is 6.76. The molecule has 0 aliphatic heterocycles. The molecule has 0 amide bonds. The van der Waals surface area contributed by atoms with Gasteiger partial charge in [0.15, 0.2) is 0 Å². The molecule has 1 heterocycles. The zero-order valence-corrected chi connectivity index (χ0v) is 17.6. The fraction of sp³-hybridized carbons (Fsp3) is 0.500. The Bertz CT molecular complexity index is 839. The Hall–Kier alpha value is -1.33. The van der Waals surface area contributed by atoms with E-state index < -0.39 is 18.1 Å². The Morgan fingerprint density at radius 1 is 0.920 bits per heavy atom. The summed E-state index contributed by atoms with van der Waals surface area (Å²) in [6.07, 6.45) is 5.85. The summed E-state index contributed by atoms with van der Waals surface area (Å²) in [6.45, 7) is 8.63. The maximum Gasteiger partial charge on any atom is 0.267 e. The van der Waals surface area contributed by atoms with Crippen molar-refractivity contribution in [2.24, 2.45) is 0 Å². The van der Waals surface area contributed by atoms with Crippen LogP contribution >= 0.6 is 0 Å². The van der Waals surface area contributed by atoms with E-state index in [0.717, 1.165) is 29.4 Å². The van der Waals surface area contributed by atoms with E-state index in [-0.39, 0.29) is 0 Å². The van der Waals surface area contributed by atoms with Gasteiger partial charge in [-0.05, 0) is 44.0 Å². The van der Waals surface area contributed by atoms with Crippen molar-refractivity contribution in [1.82, 2.24) is 3.97 Å². The van der Waals surface area contributed by atoms with Crippen LogP contribution in [0, 0.1) is 6.92 Å². The lowest BCUT2D eigenvalue weighted by atomic mass is 9.87. The summed E-state index contributed by atoms with van der Waals surface area (Å²) in [7, 11) is -5.35. The molecule has 1 fully saturated rings. The predicted octanol–water partition coefficient (Wildman–Crippen LogP) is 4.63. The fourth-order valence-electron chi connectivity index (χ4n) is 3.78. The Morgan fingerprint density at radius 2 is 1.52 bits per heavy atom. The van der Waals surface area contributed by atoms with Crippen LogP contribution in [0.1, 0.15) is 49.3 Å². The first kappa shape index (κ1) is 18.5. The van der Waals surface area contributed by atoms with Gasteiger partial charge in [0.1, 0.15) is 8.07 Å². The van der Waals surface area contributed by atoms with Crippen LogP contribution in [0.2, 0.25) is 19.6 Å². The summed E-state index contributed by atoms with van der Waals surface area (Å²) >= 11 is 0. The van der Waals surface area contributed by atoms with Gasteiger partial charge in [0.05, 0.1) is 4.90 Å². The molecular formula is C20H29NO2SSi. The standard InChI is InChI=1S/C20H29NO2SSi/c1-16-10-12-18(13-11-16)24(22,23)21-19(17-8-6-5-7-9-17)14-15-20(21)25(2,3)4/h10-15,17H,5-9H2,1-4H3. The first-order valence-corrected chi connectivity index (χ1v) is 14.2. The van der Waals surface area contributed by atoms with Crippen molar-refractivity contribution < 1.29 is 8.42 Å². The minimum absolute atomic E-state index is 0.360. The molecule has 0 unspecified atom stereocenters. The number of nitrogens with zero attached hydrogens (tertiary/aromatic N) is 1. The van der Waals surface area contributed by atoms with Crippen LogP contribution in [-0.4, -0.2) is 20.5 Å². The average Bonchev–Trinajstić information content (AvgIpc) is 3.02. The van der Waals surface area contributed by atoms with E-state index in [0.29, 0.717) is 10.8 Å². The first-order valence-electron chi connectivity index (χ1n) is 9.25. The van der Waals surface area contributed by atoms with E-state index in [1.54, 1.807) is 16.1 Å². The number of hydrogen-bond acceptors (Lipinski definition) is 2. The second-order valence-electron chi connectivity index (χ2n) is 8.31. The third kappa shape index (κ3) is 3.63. The molecule has 5 heteroatoms. The summed E-state index contributed by atoms with van der Waals surface area (Å²) in [4.78, 5) is 0.394. The molecule has 0 bridgehead atoms. The molecule has 1 aromatic heterocycles. The van der Waals surface area contributed by atoms with Crippen LogP contribution in [-0.2, 0) is 10.0 Å². The van der Waals surface area contributed by atoms with Gasteiger partial charge in [0.2, 0.25) is 0 Å². The molecule has 1 aromatic carbocycles. The molecule has 1 aliphatic rings. The first-order chi connectivity index (χ1) is 11.7. The lowest BCUT2D eigenvalue weighted by molar-refractivity contribution is 0.434. The van der Waals surface area contributed by atoms with E-state index in [2.05, 4.69) is 31.8 Å². The molecule has 0 N–H and O–H groups in total. The van der Waals surface area contributed by atoms with Crippen LogP contribution < -0.4 is 5.32 Å². The fourth-order valence-corrected chi connectivity index (χ4v) is 7.78. The topological polar surface area (TPSA) is 39.1 Å². The minimum atomic E-state index is -3.55. The zero-order valence-electron chi connectivity index (χ0n) is 15.7. The molecule has 2 aromatic rings. The summed E-state index contributed by atoms with van der Waals surface area (Å²) < 4.78 is 28.8. The Morgan fingerprint density at radius 3 is 2.08 bits per heavy atom. The van der Waals surface area contributed by atoms with E-state index >= 15 is 0 Å².